The third kappa shape index (κ3) is 9.20. The molecule has 10 nitrogen and oxygen atoms in total. The molecule has 6 rings (SSSR count). The molecule has 1 fully saturated rings. The Labute approximate surface area is 259 Å². The lowest BCUT2D eigenvalue weighted by molar-refractivity contribution is 0.0955. The van der Waals surface area contributed by atoms with Gasteiger partial charge in [-0.3, -0.25) is 29.5 Å². The predicted molar refractivity (Wildman–Crippen MR) is 163 cm³/mol. The largest absolute Gasteiger partial charge is 0.456 e. The molecular weight excluding hydrogens is 580 g/mol. The van der Waals surface area contributed by atoms with Crippen LogP contribution >= 0.6 is 11.6 Å². The summed E-state index contributed by atoms with van der Waals surface area (Å²) in [5.74, 6) is 2.70. The zero-order valence-electron chi connectivity index (χ0n) is 23.8. The summed E-state index contributed by atoms with van der Waals surface area (Å²) in [5.41, 5.74) is 1.37. The maximum Gasteiger partial charge on any atom is 0.187 e. The van der Waals surface area contributed by atoms with E-state index in [9.17, 15) is 9.59 Å². The average molecular weight is 609 g/mol. The van der Waals surface area contributed by atoms with Crippen LogP contribution in [-0.4, -0.2) is 41.5 Å². The molecule has 1 aliphatic rings. The maximum absolute atomic E-state index is 12.3. The van der Waals surface area contributed by atoms with Crippen molar-refractivity contribution in [3.63, 3.8) is 0 Å². The number of rotatable bonds is 10. The summed E-state index contributed by atoms with van der Waals surface area (Å²) in [6.45, 7) is 0. The molecule has 0 radical (unpaired) electrons. The van der Waals surface area contributed by atoms with Crippen LogP contribution in [0.5, 0.6) is 23.0 Å². The van der Waals surface area contributed by atoms with Gasteiger partial charge in [0.2, 0.25) is 0 Å². The summed E-state index contributed by atoms with van der Waals surface area (Å²) < 4.78 is 11.3. The lowest BCUT2D eigenvalue weighted by atomic mass is 9.99. The van der Waals surface area contributed by atoms with Gasteiger partial charge in [-0.15, -0.1) is 0 Å². The maximum atomic E-state index is 12.3. The molecule has 0 aliphatic heterocycles. The molecule has 1 aliphatic carbocycles. The monoisotopic (exact) mass is 608 g/mol. The number of ether oxygens (including phenoxy) is 2. The highest BCUT2D eigenvalue weighted by Gasteiger charge is 2.20. The van der Waals surface area contributed by atoms with E-state index in [2.05, 4.69) is 29.9 Å². The zero-order chi connectivity index (χ0) is 30.6. The molecule has 0 unspecified atom stereocenters. The molecule has 0 atom stereocenters. The minimum atomic E-state index is -0.172. The van der Waals surface area contributed by atoms with Crippen molar-refractivity contribution in [1.29, 1.82) is 0 Å². The number of hydrogen-bond acceptors (Lipinski definition) is 10. The van der Waals surface area contributed by atoms with Gasteiger partial charge in [0.15, 0.2) is 17.3 Å². The Hall–Kier alpha value is -5.09. The highest BCUT2D eigenvalue weighted by atomic mass is 35.5. The van der Waals surface area contributed by atoms with Crippen molar-refractivity contribution >= 4 is 23.2 Å². The number of carbonyl (C=O) groups excluding carboxylic acids is 2. The third-order valence-corrected chi connectivity index (χ3v) is 6.98. The standard InChI is InChI=1S/C17H18N2O2.C16H11ClN4O2/c20-17(10-13-4-1-2-5-13)16-11-14(7-9-19-16)21-15-6-3-8-18-12-15;17-11-1-3-20-12(5-11)6-16(22)15-7-13(2-4-21-15)23-14-8-18-10-19-9-14/h3,6-9,11-13H,1-2,4-5,10H2;1-5,7-10H,6H2. The van der Waals surface area contributed by atoms with Gasteiger partial charge in [0.05, 0.1) is 25.0 Å². The molecule has 0 amide bonds. The molecule has 0 saturated heterocycles. The second-order valence-corrected chi connectivity index (χ2v) is 10.5. The van der Waals surface area contributed by atoms with E-state index in [0.717, 1.165) is 12.8 Å². The number of halogens is 1. The lowest BCUT2D eigenvalue weighted by Crippen LogP contribution is -2.07. The number of pyridine rings is 4. The number of ketones is 2. The average Bonchev–Trinajstić information content (AvgIpc) is 3.56. The fourth-order valence-corrected chi connectivity index (χ4v) is 4.84. The van der Waals surface area contributed by atoms with Crippen molar-refractivity contribution in [2.45, 2.75) is 38.5 Å². The summed E-state index contributed by atoms with van der Waals surface area (Å²) in [6, 6.07) is 13.6. The predicted octanol–water partition coefficient (Wildman–Crippen LogP) is 7.17. The fraction of sp³-hybridized carbons (Fsp3) is 0.212. The van der Waals surface area contributed by atoms with Crippen LogP contribution in [-0.2, 0) is 6.42 Å². The summed E-state index contributed by atoms with van der Waals surface area (Å²) >= 11 is 5.89. The molecule has 44 heavy (non-hydrogen) atoms. The van der Waals surface area contributed by atoms with E-state index >= 15 is 0 Å². The van der Waals surface area contributed by atoms with Crippen LogP contribution in [0.2, 0.25) is 5.02 Å². The summed E-state index contributed by atoms with van der Waals surface area (Å²) in [7, 11) is 0. The van der Waals surface area contributed by atoms with Gasteiger partial charge in [-0.1, -0.05) is 37.3 Å². The van der Waals surface area contributed by atoms with Crippen molar-refractivity contribution in [2.24, 2.45) is 5.92 Å². The van der Waals surface area contributed by atoms with E-state index in [1.54, 1.807) is 61.2 Å². The summed E-state index contributed by atoms with van der Waals surface area (Å²) in [5, 5.41) is 0.539. The van der Waals surface area contributed by atoms with Crippen LogP contribution in [0.4, 0.5) is 0 Å². The van der Waals surface area contributed by atoms with Gasteiger partial charge in [-0.25, -0.2) is 9.97 Å². The molecule has 0 N–H and O–H groups in total. The van der Waals surface area contributed by atoms with Crippen molar-refractivity contribution < 1.29 is 19.1 Å². The number of nitrogens with zero attached hydrogens (tertiary/aromatic N) is 6. The zero-order valence-corrected chi connectivity index (χ0v) is 24.5. The molecule has 0 spiro atoms. The minimum Gasteiger partial charge on any atom is -0.456 e. The van der Waals surface area contributed by atoms with E-state index in [4.69, 9.17) is 21.1 Å². The van der Waals surface area contributed by atoms with Crippen LogP contribution in [0.25, 0.3) is 0 Å². The highest BCUT2D eigenvalue weighted by Crippen LogP contribution is 2.29. The molecule has 11 heteroatoms. The highest BCUT2D eigenvalue weighted by molar-refractivity contribution is 6.30. The molecule has 5 aromatic rings. The molecule has 0 bridgehead atoms. The lowest BCUT2D eigenvalue weighted by Gasteiger charge is -2.09. The minimum absolute atomic E-state index is 0.110. The first-order valence-corrected chi connectivity index (χ1v) is 14.5. The van der Waals surface area contributed by atoms with E-state index in [0.29, 0.717) is 57.4 Å². The van der Waals surface area contributed by atoms with E-state index in [1.807, 2.05) is 12.1 Å². The van der Waals surface area contributed by atoms with Gasteiger partial charge >= 0.3 is 0 Å². The molecule has 222 valence electrons. The first kappa shape index (κ1) is 30.4. The number of carbonyl (C=O) groups is 2. The second-order valence-electron chi connectivity index (χ2n) is 10.1. The Morgan fingerprint density at radius 1 is 0.705 bits per heavy atom. The van der Waals surface area contributed by atoms with Crippen molar-refractivity contribution in [3.05, 3.63) is 120 Å². The van der Waals surface area contributed by atoms with Gasteiger partial charge in [0, 0.05) is 54.1 Å². The first-order valence-electron chi connectivity index (χ1n) is 14.1. The van der Waals surface area contributed by atoms with E-state index < -0.39 is 0 Å². The number of hydrogen-bond donors (Lipinski definition) is 0. The van der Waals surface area contributed by atoms with Gasteiger partial charge < -0.3 is 9.47 Å². The Kier molecular flexibility index (Phi) is 10.6. The normalized spacial score (nSPS) is 12.6. The molecule has 1 saturated carbocycles. The Morgan fingerprint density at radius 2 is 1.34 bits per heavy atom. The van der Waals surface area contributed by atoms with E-state index in [-0.39, 0.29) is 18.0 Å². The van der Waals surface area contributed by atoms with Gasteiger partial charge in [-0.2, -0.15) is 0 Å². The molecule has 0 aromatic carbocycles. The van der Waals surface area contributed by atoms with Crippen LogP contribution in [0.1, 0.15) is 58.8 Å². The summed E-state index contributed by atoms with van der Waals surface area (Å²) in [6.07, 6.45) is 18.0. The Morgan fingerprint density at radius 3 is 2.00 bits per heavy atom. The smallest absolute Gasteiger partial charge is 0.187 e. The number of Topliss-reactive ketones (excluding diaryl/α,β-unsaturated/α-hetero) is 2. The Bertz CT molecular complexity index is 1680. The fourth-order valence-electron chi connectivity index (χ4n) is 4.65. The summed E-state index contributed by atoms with van der Waals surface area (Å²) in [4.78, 5) is 48.7. The van der Waals surface area contributed by atoms with Crippen LogP contribution in [0, 0.1) is 5.92 Å². The Balaban J connectivity index is 0.000000175. The van der Waals surface area contributed by atoms with Crippen molar-refractivity contribution in [1.82, 2.24) is 29.9 Å². The second kappa shape index (κ2) is 15.4. The van der Waals surface area contributed by atoms with Gasteiger partial charge in [0.1, 0.15) is 35.0 Å². The topological polar surface area (TPSA) is 130 Å². The van der Waals surface area contributed by atoms with Gasteiger partial charge in [-0.05, 0) is 42.3 Å². The number of aromatic nitrogens is 6. The SMILES string of the molecule is O=C(CC1CCCC1)c1cc(Oc2cccnc2)ccn1.O=C(Cc1cc(Cl)ccn1)c1cc(Oc2cncnc2)ccn1. The molecule has 5 heterocycles. The third-order valence-electron chi connectivity index (χ3n) is 6.75. The first-order chi connectivity index (χ1) is 21.5. The van der Waals surface area contributed by atoms with Crippen LogP contribution < -0.4 is 9.47 Å². The van der Waals surface area contributed by atoms with Gasteiger partial charge in [0.25, 0.3) is 0 Å². The van der Waals surface area contributed by atoms with Crippen molar-refractivity contribution in [2.75, 3.05) is 0 Å². The van der Waals surface area contributed by atoms with Crippen LogP contribution in [0.3, 0.4) is 0 Å². The van der Waals surface area contributed by atoms with E-state index in [1.165, 1.54) is 37.8 Å². The molecule has 5 aromatic heterocycles. The van der Waals surface area contributed by atoms with Crippen molar-refractivity contribution in [3.8, 4) is 23.0 Å². The quantitative estimate of drug-likeness (QED) is 0.150. The van der Waals surface area contributed by atoms with Crippen LogP contribution in [0.15, 0.2) is 98.2 Å². The molecular formula is C33H29ClN6O4.